The molecule has 0 bridgehead atoms. The molecule has 1 aromatic rings. The van der Waals surface area contributed by atoms with E-state index in [4.69, 9.17) is 4.99 Å². The summed E-state index contributed by atoms with van der Waals surface area (Å²) in [5, 5.41) is 7.29. The molecule has 0 saturated heterocycles. The zero-order valence-corrected chi connectivity index (χ0v) is 20.3. The van der Waals surface area contributed by atoms with Gasteiger partial charge in [0.25, 0.3) is 0 Å². The maximum absolute atomic E-state index is 12.2. The van der Waals surface area contributed by atoms with E-state index in [0.717, 1.165) is 50.5 Å². The van der Waals surface area contributed by atoms with Crippen LogP contribution in [-0.2, 0) is 10.8 Å². The van der Waals surface area contributed by atoms with Gasteiger partial charge in [0.05, 0.1) is 0 Å². The Morgan fingerprint density at radius 3 is 2.59 bits per heavy atom. The van der Waals surface area contributed by atoms with Crippen LogP contribution in [0.5, 0.6) is 0 Å². The van der Waals surface area contributed by atoms with Gasteiger partial charge >= 0.3 is 0 Å². The molecule has 2 N–H and O–H groups in total. The molecule has 0 heterocycles. The first kappa shape index (κ1) is 24.4. The van der Waals surface area contributed by atoms with Crippen molar-refractivity contribution in [2.24, 2.45) is 4.99 Å². The van der Waals surface area contributed by atoms with E-state index in [0.29, 0.717) is 17.2 Å². The van der Waals surface area contributed by atoms with Crippen LogP contribution in [0.1, 0.15) is 63.5 Å². The lowest BCUT2D eigenvalue weighted by molar-refractivity contribution is 0.413. The van der Waals surface area contributed by atoms with Gasteiger partial charge in [0.2, 0.25) is 0 Å². The summed E-state index contributed by atoms with van der Waals surface area (Å²) in [7, 11) is -0.691. The molecule has 0 radical (unpaired) electrons. The van der Waals surface area contributed by atoms with Crippen molar-refractivity contribution in [1.29, 1.82) is 0 Å². The summed E-state index contributed by atoms with van der Waals surface area (Å²) in [6, 6.07) is 9.09. The molecule has 154 valence electrons. The van der Waals surface area contributed by atoms with Gasteiger partial charge in [-0.3, -0.25) is 9.20 Å². The Kier molecular flexibility index (Phi) is 11.5. The number of aliphatic imine (C=N–C) groups is 1. The fourth-order valence-corrected chi connectivity index (χ4v) is 4.84. The Labute approximate surface area is 184 Å². The summed E-state index contributed by atoms with van der Waals surface area (Å²) in [6.07, 6.45) is 4.36. The van der Waals surface area contributed by atoms with Crippen LogP contribution in [0.4, 0.5) is 0 Å². The zero-order valence-electron chi connectivity index (χ0n) is 17.2. The zero-order chi connectivity index (χ0) is 18.9. The number of aryl methyl sites for hydroxylation is 1. The number of benzene rings is 1. The Morgan fingerprint density at radius 1 is 1.26 bits per heavy atom. The molecular weight excluding hydrogens is 469 g/mol. The van der Waals surface area contributed by atoms with E-state index in [1.807, 2.05) is 6.92 Å². The Balaban J connectivity index is 0.00000364. The van der Waals surface area contributed by atoms with Gasteiger partial charge in [-0.05, 0) is 38.7 Å². The first-order valence-corrected chi connectivity index (χ1v) is 11.4. The highest BCUT2D eigenvalue weighted by Crippen LogP contribution is 2.23. The van der Waals surface area contributed by atoms with Crippen molar-refractivity contribution in [2.75, 3.05) is 18.8 Å². The van der Waals surface area contributed by atoms with Crippen molar-refractivity contribution in [3.8, 4) is 0 Å². The number of hydrogen-bond acceptors (Lipinski definition) is 2. The lowest BCUT2D eigenvalue weighted by Crippen LogP contribution is -2.46. The minimum atomic E-state index is -0.691. The fourth-order valence-electron chi connectivity index (χ4n) is 3.49. The van der Waals surface area contributed by atoms with E-state index in [9.17, 15) is 4.21 Å². The van der Waals surface area contributed by atoms with Crippen molar-refractivity contribution in [3.63, 3.8) is 0 Å². The second-order valence-corrected chi connectivity index (χ2v) is 9.34. The molecule has 4 nitrogen and oxygen atoms in total. The highest BCUT2D eigenvalue weighted by Gasteiger charge is 2.26. The smallest absolute Gasteiger partial charge is 0.191 e. The van der Waals surface area contributed by atoms with Crippen LogP contribution in [-0.4, -0.2) is 40.3 Å². The summed E-state index contributed by atoms with van der Waals surface area (Å²) in [4.78, 5) is 4.81. The van der Waals surface area contributed by atoms with Crippen molar-refractivity contribution in [3.05, 3.63) is 35.4 Å². The third kappa shape index (κ3) is 8.10. The SMILES string of the molecule is CCNC(=NCC(C)c1ccc(C)cc1)NC1CCCC(S(=O)CC)C1.I. The minimum absolute atomic E-state index is 0. The largest absolute Gasteiger partial charge is 0.357 e. The second-order valence-electron chi connectivity index (χ2n) is 7.33. The molecule has 27 heavy (non-hydrogen) atoms. The molecule has 0 spiro atoms. The minimum Gasteiger partial charge on any atom is -0.357 e. The molecular formula is C21H36IN3OS. The standard InChI is InChI=1S/C21H35N3OS.HI/c1-5-22-21(23-15-17(4)18-12-10-16(3)11-13-18)24-19-8-7-9-20(14-19)26(25)6-2;/h10-13,17,19-20H,5-9,14-15H2,1-4H3,(H2,22,23,24);1H. The summed E-state index contributed by atoms with van der Waals surface area (Å²) in [6.45, 7) is 10.1. The highest BCUT2D eigenvalue weighted by molar-refractivity contribution is 14.0. The maximum atomic E-state index is 12.2. The normalized spacial score (nSPS) is 22.4. The van der Waals surface area contributed by atoms with Gasteiger partial charge in [-0.2, -0.15) is 0 Å². The Morgan fingerprint density at radius 2 is 1.96 bits per heavy atom. The average Bonchev–Trinajstić information content (AvgIpc) is 2.66. The van der Waals surface area contributed by atoms with E-state index in [-0.39, 0.29) is 24.0 Å². The van der Waals surface area contributed by atoms with Crippen LogP contribution >= 0.6 is 24.0 Å². The number of rotatable bonds is 7. The van der Waals surface area contributed by atoms with Crippen LogP contribution in [0, 0.1) is 6.92 Å². The molecule has 0 aliphatic heterocycles. The topological polar surface area (TPSA) is 53.5 Å². The molecule has 2 rings (SSSR count). The van der Waals surface area contributed by atoms with E-state index in [1.54, 1.807) is 0 Å². The van der Waals surface area contributed by atoms with Gasteiger partial charge < -0.3 is 10.6 Å². The molecule has 1 saturated carbocycles. The van der Waals surface area contributed by atoms with E-state index in [1.165, 1.54) is 11.1 Å². The van der Waals surface area contributed by atoms with Gasteiger partial charge in [-0.15, -0.1) is 24.0 Å². The fraction of sp³-hybridized carbons (Fsp3) is 0.667. The summed E-state index contributed by atoms with van der Waals surface area (Å²) in [5.74, 6) is 2.04. The van der Waals surface area contributed by atoms with Crippen molar-refractivity contribution in [1.82, 2.24) is 10.6 Å². The summed E-state index contributed by atoms with van der Waals surface area (Å²) >= 11 is 0. The Bertz CT molecular complexity index is 606. The predicted octanol–water partition coefficient (Wildman–Crippen LogP) is 4.35. The lowest BCUT2D eigenvalue weighted by Gasteiger charge is -2.30. The van der Waals surface area contributed by atoms with E-state index in [2.05, 4.69) is 55.7 Å². The monoisotopic (exact) mass is 505 g/mol. The molecule has 0 aromatic heterocycles. The van der Waals surface area contributed by atoms with Crippen LogP contribution in [0.25, 0.3) is 0 Å². The third-order valence-electron chi connectivity index (χ3n) is 5.14. The number of nitrogens with one attached hydrogen (secondary N) is 2. The molecule has 1 aliphatic carbocycles. The molecule has 4 atom stereocenters. The summed E-state index contributed by atoms with van der Waals surface area (Å²) < 4.78 is 12.2. The number of hydrogen-bond donors (Lipinski definition) is 2. The van der Waals surface area contributed by atoms with Crippen LogP contribution < -0.4 is 10.6 Å². The molecule has 1 fully saturated rings. The first-order chi connectivity index (χ1) is 12.5. The highest BCUT2D eigenvalue weighted by atomic mass is 127. The van der Waals surface area contributed by atoms with Gasteiger partial charge in [-0.25, -0.2) is 0 Å². The van der Waals surface area contributed by atoms with Crippen molar-refractivity contribution < 1.29 is 4.21 Å². The third-order valence-corrected chi connectivity index (χ3v) is 6.88. The second kappa shape index (κ2) is 12.8. The number of halogens is 1. The van der Waals surface area contributed by atoms with Crippen LogP contribution in [0.2, 0.25) is 0 Å². The van der Waals surface area contributed by atoms with Gasteiger partial charge in [0.15, 0.2) is 5.96 Å². The first-order valence-electron chi connectivity index (χ1n) is 10.0. The molecule has 1 aliphatic rings. The van der Waals surface area contributed by atoms with Gasteiger partial charge in [-0.1, -0.05) is 50.1 Å². The van der Waals surface area contributed by atoms with Gasteiger partial charge in [0, 0.05) is 46.9 Å². The van der Waals surface area contributed by atoms with Crippen LogP contribution in [0.3, 0.4) is 0 Å². The maximum Gasteiger partial charge on any atom is 0.191 e. The lowest BCUT2D eigenvalue weighted by atomic mass is 9.95. The van der Waals surface area contributed by atoms with Crippen molar-refractivity contribution in [2.45, 2.75) is 70.6 Å². The van der Waals surface area contributed by atoms with Gasteiger partial charge in [0.1, 0.15) is 0 Å². The molecule has 0 amide bonds. The predicted molar refractivity (Wildman–Crippen MR) is 129 cm³/mol. The molecule has 6 heteroatoms. The van der Waals surface area contributed by atoms with Crippen molar-refractivity contribution >= 4 is 40.7 Å². The number of nitrogens with zero attached hydrogens (tertiary/aromatic N) is 1. The number of guanidine groups is 1. The molecule has 4 unspecified atom stereocenters. The van der Waals surface area contributed by atoms with E-state index < -0.39 is 10.8 Å². The van der Waals surface area contributed by atoms with E-state index >= 15 is 0 Å². The Hall–Kier alpha value is -0.630. The van der Waals surface area contributed by atoms with Crippen LogP contribution in [0.15, 0.2) is 29.3 Å². The molecule has 1 aromatic carbocycles. The quantitative estimate of drug-likeness (QED) is 0.329. The average molecular weight is 506 g/mol. The summed E-state index contributed by atoms with van der Waals surface area (Å²) in [5.41, 5.74) is 2.61.